The fraction of sp³-hybridized carbons (Fsp3) is 0.269. The molecule has 2 N–H and O–H groups in total. The van der Waals surface area contributed by atoms with Crippen molar-refractivity contribution in [2.45, 2.75) is 43.3 Å². The highest BCUT2D eigenvalue weighted by Gasteiger charge is 2.32. The van der Waals surface area contributed by atoms with Crippen molar-refractivity contribution in [2.24, 2.45) is 0 Å². The number of rotatable bonds is 9. The van der Waals surface area contributed by atoms with Crippen LogP contribution in [0.2, 0.25) is 0 Å². The van der Waals surface area contributed by atoms with Gasteiger partial charge in [0, 0.05) is 5.69 Å². The molecule has 0 saturated carbocycles. The van der Waals surface area contributed by atoms with Gasteiger partial charge in [0.15, 0.2) is 0 Å². The number of hydrogen-bond acceptors (Lipinski definition) is 4. The zero-order chi connectivity index (χ0) is 26.5. The van der Waals surface area contributed by atoms with E-state index >= 15 is 0 Å². The van der Waals surface area contributed by atoms with Crippen LogP contribution in [0.3, 0.4) is 0 Å². The number of amides is 1. The molecule has 0 bridgehead atoms. The Morgan fingerprint density at radius 1 is 0.972 bits per heavy atom. The van der Waals surface area contributed by atoms with Crippen molar-refractivity contribution in [1.82, 2.24) is 4.72 Å². The molecule has 3 rings (SSSR count). The van der Waals surface area contributed by atoms with Crippen LogP contribution >= 0.6 is 0 Å². The van der Waals surface area contributed by atoms with E-state index in [0.29, 0.717) is 5.56 Å². The van der Waals surface area contributed by atoms with Gasteiger partial charge in [-0.3, -0.25) is 4.79 Å². The highest BCUT2D eigenvalue weighted by Crippen LogP contribution is 2.31. The molecule has 0 saturated heterocycles. The third kappa shape index (κ3) is 6.86. The Morgan fingerprint density at radius 3 is 2.28 bits per heavy atom. The molecule has 0 aliphatic heterocycles. The van der Waals surface area contributed by atoms with Crippen molar-refractivity contribution in [3.8, 4) is 5.75 Å². The van der Waals surface area contributed by atoms with Gasteiger partial charge >= 0.3 is 6.18 Å². The summed E-state index contributed by atoms with van der Waals surface area (Å²) in [5, 5.41) is 2.41. The Morgan fingerprint density at radius 2 is 1.67 bits per heavy atom. The normalized spacial score (nSPS) is 12.9. The molecule has 1 amide bonds. The summed E-state index contributed by atoms with van der Waals surface area (Å²) < 4.78 is 73.8. The summed E-state index contributed by atoms with van der Waals surface area (Å²) in [5.41, 5.74) is 0.374. The molecule has 10 heteroatoms. The van der Waals surface area contributed by atoms with Gasteiger partial charge in [0.25, 0.3) is 0 Å². The Labute approximate surface area is 208 Å². The number of benzene rings is 3. The van der Waals surface area contributed by atoms with Gasteiger partial charge in [0.2, 0.25) is 15.9 Å². The SMILES string of the molecule is COc1ccc(C(C)C)cc1S(=O)(=O)NC(Cc1ccccc1)C(=O)Nc1cccc(C(F)(F)F)c1. The monoisotopic (exact) mass is 520 g/mol. The largest absolute Gasteiger partial charge is 0.495 e. The second kappa shape index (κ2) is 11.1. The molecule has 0 heterocycles. The van der Waals surface area contributed by atoms with E-state index < -0.39 is 33.7 Å². The van der Waals surface area contributed by atoms with Crippen LogP contribution in [-0.4, -0.2) is 27.5 Å². The molecule has 36 heavy (non-hydrogen) atoms. The second-order valence-corrected chi connectivity index (χ2v) is 10.2. The fourth-order valence-electron chi connectivity index (χ4n) is 3.55. The molecule has 6 nitrogen and oxygen atoms in total. The van der Waals surface area contributed by atoms with Crippen molar-refractivity contribution in [3.63, 3.8) is 0 Å². The van der Waals surface area contributed by atoms with Crippen LogP contribution in [0.25, 0.3) is 0 Å². The maximum absolute atomic E-state index is 13.4. The number of carbonyl (C=O) groups is 1. The van der Waals surface area contributed by atoms with Gasteiger partial charge in [0.05, 0.1) is 12.7 Å². The highest BCUT2D eigenvalue weighted by molar-refractivity contribution is 7.89. The van der Waals surface area contributed by atoms with E-state index in [4.69, 9.17) is 4.74 Å². The molecular formula is C26H27F3N2O4S. The summed E-state index contributed by atoms with van der Waals surface area (Å²) in [6.07, 6.45) is -4.62. The van der Waals surface area contributed by atoms with Gasteiger partial charge in [-0.15, -0.1) is 0 Å². The number of methoxy groups -OCH3 is 1. The Kier molecular flexibility index (Phi) is 8.42. The van der Waals surface area contributed by atoms with E-state index in [-0.39, 0.29) is 28.7 Å². The van der Waals surface area contributed by atoms with E-state index in [0.717, 1.165) is 23.8 Å². The lowest BCUT2D eigenvalue weighted by Crippen LogP contribution is -2.45. The number of sulfonamides is 1. The minimum absolute atomic E-state index is 0.0307. The molecule has 192 valence electrons. The standard InChI is InChI=1S/C26H27F3N2O4S/c1-17(2)19-12-13-23(35-3)24(15-19)36(33,34)31-22(14-18-8-5-4-6-9-18)25(32)30-21-11-7-10-20(16-21)26(27,28)29/h4-13,15-17,22,31H,14H2,1-3H3,(H,30,32). The van der Waals surface area contributed by atoms with Crippen molar-refractivity contribution in [1.29, 1.82) is 0 Å². The van der Waals surface area contributed by atoms with Crippen LogP contribution in [0, 0.1) is 0 Å². The molecule has 3 aromatic rings. The minimum atomic E-state index is -4.59. The molecule has 1 atom stereocenters. The van der Waals surface area contributed by atoms with Gasteiger partial charge < -0.3 is 10.1 Å². The summed E-state index contributed by atoms with van der Waals surface area (Å²) in [6.45, 7) is 3.82. The summed E-state index contributed by atoms with van der Waals surface area (Å²) in [4.78, 5) is 13.0. The number of hydrogen-bond donors (Lipinski definition) is 2. The lowest BCUT2D eigenvalue weighted by atomic mass is 10.0. The third-order valence-corrected chi connectivity index (χ3v) is 6.99. The molecule has 1 unspecified atom stereocenters. The average molecular weight is 521 g/mol. The van der Waals surface area contributed by atoms with Crippen LogP contribution in [0.4, 0.5) is 18.9 Å². The second-order valence-electron chi connectivity index (χ2n) is 8.50. The van der Waals surface area contributed by atoms with E-state index in [1.54, 1.807) is 42.5 Å². The first-order valence-corrected chi connectivity index (χ1v) is 12.6. The minimum Gasteiger partial charge on any atom is -0.495 e. The molecule has 0 aliphatic rings. The first-order valence-electron chi connectivity index (χ1n) is 11.1. The van der Waals surface area contributed by atoms with Gasteiger partial charge in [-0.2, -0.15) is 17.9 Å². The highest BCUT2D eigenvalue weighted by atomic mass is 32.2. The maximum Gasteiger partial charge on any atom is 0.416 e. The summed E-state index contributed by atoms with van der Waals surface area (Å²) in [6, 6.07) is 16.3. The fourth-order valence-corrected chi connectivity index (χ4v) is 4.95. The van der Waals surface area contributed by atoms with Gasteiger partial charge in [-0.1, -0.05) is 56.3 Å². The lowest BCUT2D eigenvalue weighted by molar-refractivity contribution is -0.137. The zero-order valence-corrected chi connectivity index (χ0v) is 20.8. The van der Waals surface area contributed by atoms with Gasteiger partial charge in [-0.05, 0) is 53.8 Å². The molecule has 0 aliphatic carbocycles. The van der Waals surface area contributed by atoms with Gasteiger partial charge in [-0.25, -0.2) is 8.42 Å². The van der Waals surface area contributed by atoms with Crippen molar-refractivity contribution in [2.75, 3.05) is 12.4 Å². The topological polar surface area (TPSA) is 84.5 Å². The van der Waals surface area contributed by atoms with E-state index in [1.165, 1.54) is 19.2 Å². The van der Waals surface area contributed by atoms with Crippen molar-refractivity contribution >= 4 is 21.6 Å². The van der Waals surface area contributed by atoms with Crippen molar-refractivity contribution < 1.29 is 31.1 Å². The lowest BCUT2D eigenvalue weighted by Gasteiger charge is -2.20. The van der Waals surface area contributed by atoms with Crippen molar-refractivity contribution in [3.05, 3.63) is 89.5 Å². The van der Waals surface area contributed by atoms with E-state index in [1.807, 2.05) is 13.8 Å². The molecule has 3 aromatic carbocycles. The number of anilines is 1. The quantitative estimate of drug-likeness (QED) is 0.398. The van der Waals surface area contributed by atoms with Crippen LogP contribution in [0.15, 0.2) is 77.7 Å². The number of alkyl halides is 3. The first kappa shape index (κ1) is 27.2. The van der Waals surface area contributed by atoms with Crippen LogP contribution < -0.4 is 14.8 Å². The van der Waals surface area contributed by atoms with E-state index in [9.17, 15) is 26.4 Å². The Bertz CT molecular complexity index is 1310. The maximum atomic E-state index is 13.4. The van der Waals surface area contributed by atoms with E-state index in [2.05, 4.69) is 10.0 Å². The van der Waals surface area contributed by atoms with Crippen LogP contribution in [0.1, 0.15) is 36.5 Å². The van der Waals surface area contributed by atoms with Crippen LogP contribution in [-0.2, 0) is 27.4 Å². The summed E-state index contributed by atoms with van der Waals surface area (Å²) in [5.74, 6) is -0.668. The predicted octanol–water partition coefficient (Wildman–Crippen LogP) is 5.37. The molecule has 0 radical (unpaired) electrons. The molecule has 0 aromatic heterocycles. The predicted molar refractivity (Wildman–Crippen MR) is 131 cm³/mol. The molecule has 0 fully saturated rings. The average Bonchev–Trinajstić information content (AvgIpc) is 2.83. The number of halogens is 3. The number of carbonyl (C=O) groups excluding carboxylic acids is 1. The number of nitrogens with one attached hydrogen (secondary N) is 2. The smallest absolute Gasteiger partial charge is 0.416 e. The first-order chi connectivity index (χ1) is 16.9. The zero-order valence-electron chi connectivity index (χ0n) is 20.0. The summed E-state index contributed by atoms with van der Waals surface area (Å²) in [7, 11) is -2.92. The Balaban J connectivity index is 1.95. The van der Waals surface area contributed by atoms with Crippen LogP contribution in [0.5, 0.6) is 5.75 Å². The van der Waals surface area contributed by atoms with Gasteiger partial charge in [0.1, 0.15) is 16.7 Å². The summed E-state index contributed by atoms with van der Waals surface area (Å²) >= 11 is 0. The Hall–Kier alpha value is -3.37. The molecular weight excluding hydrogens is 493 g/mol. The number of ether oxygens (including phenoxy) is 1. The molecule has 0 spiro atoms. The third-order valence-electron chi connectivity index (χ3n) is 5.50.